The Morgan fingerprint density at radius 3 is 2.14 bits per heavy atom. The average molecular weight is 255 g/mol. The molecule has 0 aromatic carbocycles. The molecule has 0 heterocycles. The van der Waals surface area contributed by atoms with Crippen molar-refractivity contribution in [2.75, 3.05) is 0 Å². The molecule has 0 aliphatic rings. The van der Waals surface area contributed by atoms with E-state index in [1.54, 1.807) is 0 Å². The Labute approximate surface area is 72.5 Å². The van der Waals surface area contributed by atoms with Gasteiger partial charge in [0, 0.05) is 43.7 Å². The van der Waals surface area contributed by atoms with Crippen molar-refractivity contribution in [2.45, 2.75) is 19.8 Å². The molecule has 1 N–H and O–H groups in total. The number of carbonyl (C=O) groups is 1. The number of carboxylic acid groups (broad SMARTS) is 1. The van der Waals surface area contributed by atoms with E-state index in [0.29, 0.717) is 6.42 Å². The first-order chi connectivity index (χ1) is 2.77. The summed E-state index contributed by atoms with van der Waals surface area (Å²) in [4.78, 5) is 9.60. The molecule has 0 rings (SSSR count). The predicted molar refractivity (Wildman–Crippen MR) is 22.5 cm³/mol. The van der Waals surface area contributed by atoms with Gasteiger partial charge in [0.1, 0.15) is 0 Å². The van der Waals surface area contributed by atoms with Crippen molar-refractivity contribution in [3.8, 4) is 0 Å². The predicted octanol–water partition coefficient (Wildman–Crippen LogP) is 0.871. The van der Waals surface area contributed by atoms with Crippen LogP contribution in [0, 0.1) is 37.3 Å². The topological polar surface area (TPSA) is 37.3 Å². The van der Waals surface area contributed by atoms with Gasteiger partial charge in [0.15, 0.2) is 0 Å². The van der Waals surface area contributed by atoms with E-state index in [1.165, 1.54) is 0 Å². The molecule has 0 aliphatic heterocycles. The molecule has 0 spiro atoms. The third-order valence-corrected chi connectivity index (χ3v) is 0.464. The summed E-state index contributed by atoms with van der Waals surface area (Å²) in [6.07, 6.45) is 1.02. The van der Waals surface area contributed by atoms with Crippen LogP contribution in [0.2, 0.25) is 0 Å². The maximum atomic E-state index is 9.60. The van der Waals surface area contributed by atoms with Crippen molar-refractivity contribution in [1.82, 2.24) is 0 Å². The van der Waals surface area contributed by atoms with Crippen molar-refractivity contribution < 1.29 is 47.2 Å². The molecule has 0 atom stereocenters. The van der Waals surface area contributed by atoms with Crippen LogP contribution in [-0.2, 0) is 4.79 Å². The van der Waals surface area contributed by atoms with Crippen molar-refractivity contribution in [3.05, 3.63) is 0 Å². The maximum absolute atomic E-state index is 9.60. The van der Waals surface area contributed by atoms with Gasteiger partial charge in [-0.15, -0.1) is 0 Å². The zero-order valence-electron chi connectivity index (χ0n) is 4.06. The first kappa shape index (κ1) is 10.7. The third kappa shape index (κ3) is 10.8. The second kappa shape index (κ2) is 6.72. The molecule has 0 unspecified atom stereocenters. The standard InChI is InChI=1S/C4H8O2.Er/c1-2-3-4(5)6;/h2-3H2,1H3,(H,5,6);. The number of rotatable bonds is 2. The monoisotopic (exact) mass is 254 g/mol. The molecule has 2 nitrogen and oxygen atoms in total. The smallest absolute Gasteiger partial charge is 0.303 e. The first-order valence-corrected chi connectivity index (χ1v) is 1.99. The summed E-state index contributed by atoms with van der Waals surface area (Å²) in [6.45, 7) is 1.84. The molecule has 0 bridgehead atoms. The van der Waals surface area contributed by atoms with Gasteiger partial charge in [-0.05, 0) is 6.42 Å². The van der Waals surface area contributed by atoms with Gasteiger partial charge < -0.3 is 5.11 Å². The van der Waals surface area contributed by atoms with Crippen LogP contribution < -0.4 is 0 Å². The van der Waals surface area contributed by atoms with Gasteiger partial charge >= 0.3 is 5.97 Å². The second-order valence-corrected chi connectivity index (χ2v) is 1.14. The zero-order chi connectivity index (χ0) is 4.99. The molecule has 7 heavy (non-hydrogen) atoms. The molecule has 0 amide bonds. The molecule has 0 fully saturated rings. The van der Waals surface area contributed by atoms with Crippen LogP contribution in [0.5, 0.6) is 0 Å². The minimum atomic E-state index is -0.711. The molecular weight excluding hydrogens is 247 g/mol. The first-order valence-electron chi connectivity index (χ1n) is 1.99. The van der Waals surface area contributed by atoms with Crippen LogP contribution in [0.25, 0.3) is 0 Å². The second-order valence-electron chi connectivity index (χ2n) is 1.14. The fraction of sp³-hybridized carbons (Fsp3) is 0.750. The molecule has 48 valence electrons. The number of hydrogen-bond acceptors (Lipinski definition) is 1. The molecule has 0 saturated carbocycles. The quantitative estimate of drug-likeness (QED) is 0.795. The minimum absolute atomic E-state index is 0. The molecule has 0 saturated heterocycles. The van der Waals surface area contributed by atoms with Crippen LogP contribution in [-0.4, -0.2) is 11.1 Å². The summed E-state index contributed by atoms with van der Waals surface area (Å²) in [6, 6.07) is 0. The summed E-state index contributed by atoms with van der Waals surface area (Å²) in [5.41, 5.74) is 0. The van der Waals surface area contributed by atoms with Crippen molar-refractivity contribution in [2.24, 2.45) is 0 Å². The van der Waals surface area contributed by atoms with E-state index in [4.69, 9.17) is 5.11 Å². The van der Waals surface area contributed by atoms with Crippen molar-refractivity contribution >= 4 is 5.97 Å². The summed E-state index contributed by atoms with van der Waals surface area (Å²) < 4.78 is 0. The SMILES string of the molecule is CCCC(=O)O.[Er]. The van der Waals surface area contributed by atoms with Gasteiger partial charge in [-0.3, -0.25) is 4.79 Å². The van der Waals surface area contributed by atoms with Crippen LogP contribution in [0.1, 0.15) is 19.8 Å². The van der Waals surface area contributed by atoms with Gasteiger partial charge in [-0.25, -0.2) is 0 Å². The molecular formula is C4H8ErO2. The van der Waals surface area contributed by atoms with Gasteiger partial charge in [0.2, 0.25) is 0 Å². The number of aliphatic carboxylic acids is 1. The Balaban J connectivity index is 0. The van der Waals surface area contributed by atoms with Gasteiger partial charge in [0.05, 0.1) is 0 Å². The Kier molecular flexibility index (Phi) is 10.2. The Morgan fingerprint density at radius 1 is 1.71 bits per heavy atom. The maximum Gasteiger partial charge on any atom is 0.303 e. The molecule has 0 aromatic rings. The number of carboxylic acids is 1. The fourth-order valence-corrected chi connectivity index (χ4v) is 0.214. The summed E-state index contributed by atoms with van der Waals surface area (Å²) in [5.74, 6) is -0.711. The van der Waals surface area contributed by atoms with E-state index in [1.807, 2.05) is 6.92 Å². The van der Waals surface area contributed by atoms with Crippen LogP contribution in [0.3, 0.4) is 0 Å². The van der Waals surface area contributed by atoms with Gasteiger partial charge in [-0.1, -0.05) is 6.92 Å². The van der Waals surface area contributed by atoms with Crippen LogP contribution in [0.4, 0.5) is 0 Å². The van der Waals surface area contributed by atoms with Gasteiger partial charge in [0.25, 0.3) is 0 Å². The fourth-order valence-electron chi connectivity index (χ4n) is 0.214. The van der Waals surface area contributed by atoms with E-state index < -0.39 is 5.97 Å². The Bertz CT molecular complexity index is 53.7. The van der Waals surface area contributed by atoms with Crippen LogP contribution in [0.15, 0.2) is 0 Å². The summed E-state index contributed by atoms with van der Waals surface area (Å²) in [5, 5.41) is 7.91. The normalized spacial score (nSPS) is 7.00. The molecule has 3 heteroatoms. The zero-order valence-corrected chi connectivity index (χ0v) is 5.91. The Morgan fingerprint density at radius 2 is 2.14 bits per heavy atom. The van der Waals surface area contributed by atoms with E-state index in [9.17, 15) is 4.79 Å². The van der Waals surface area contributed by atoms with E-state index in [0.717, 1.165) is 6.42 Å². The molecule has 0 radical (unpaired) electrons. The summed E-state index contributed by atoms with van der Waals surface area (Å²) >= 11 is 0. The molecule has 0 aromatic heterocycles. The third-order valence-electron chi connectivity index (χ3n) is 0.464. The van der Waals surface area contributed by atoms with E-state index >= 15 is 0 Å². The largest absolute Gasteiger partial charge is 0.481 e. The molecule has 0 aliphatic carbocycles. The van der Waals surface area contributed by atoms with E-state index in [-0.39, 0.29) is 37.3 Å². The van der Waals surface area contributed by atoms with Crippen molar-refractivity contribution in [3.63, 3.8) is 0 Å². The average Bonchev–Trinajstić information content (AvgIpc) is 1.35. The summed E-state index contributed by atoms with van der Waals surface area (Å²) in [7, 11) is 0. The van der Waals surface area contributed by atoms with Crippen molar-refractivity contribution in [1.29, 1.82) is 0 Å². The minimum Gasteiger partial charge on any atom is -0.481 e. The number of hydrogen-bond donors (Lipinski definition) is 1. The van der Waals surface area contributed by atoms with E-state index in [2.05, 4.69) is 0 Å². The van der Waals surface area contributed by atoms with Crippen LogP contribution >= 0.6 is 0 Å². The Hall–Kier alpha value is 0.717. The van der Waals surface area contributed by atoms with Gasteiger partial charge in [-0.2, -0.15) is 0 Å².